The van der Waals surface area contributed by atoms with Gasteiger partial charge in [0.05, 0.1) is 11.3 Å². The molecule has 124 valence electrons. The molecular formula is C19H16N4OS. The Hall–Kier alpha value is -3.04. The predicted octanol–water partition coefficient (Wildman–Crippen LogP) is 4.25. The van der Waals surface area contributed by atoms with E-state index in [2.05, 4.69) is 21.4 Å². The fraction of sp³-hybridized carbons (Fsp3) is 0.158. The molecule has 25 heavy (non-hydrogen) atoms. The maximum atomic E-state index is 12.5. The van der Waals surface area contributed by atoms with Gasteiger partial charge in [0.15, 0.2) is 0 Å². The normalized spacial score (nSPS) is 10.3. The quantitative estimate of drug-likeness (QED) is 0.767. The van der Waals surface area contributed by atoms with Gasteiger partial charge in [0, 0.05) is 11.8 Å². The van der Waals surface area contributed by atoms with Crippen LogP contribution in [0.3, 0.4) is 0 Å². The van der Waals surface area contributed by atoms with Crippen molar-refractivity contribution in [2.75, 3.05) is 5.32 Å². The zero-order chi connectivity index (χ0) is 18.0. The summed E-state index contributed by atoms with van der Waals surface area (Å²) in [6, 6.07) is 11.4. The number of hydrogen-bond donors (Lipinski definition) is 1. The van der Waals surface area contributed by atoms with Crippen LogP contribution in [0.25, 0.3) is 10.6 Å². The second-order valence-corrected chi connectivity index (χ2v) is 6.75. The molecule has 0 radical (unpaired) electrons. The lowest BCUT2D eigenvalue weighted by Gasteiger charge is -2.03. The first-order valence-electron chi connectivity index (χ1n) is 7.70. The average Bonchev–Trinajstić information content (AvgIpc) is 2.97. The van der Waals surface area contributed by atoms with Crippen LogP contribution in [0, 0.1) is 32.1 Å². The molecule has 2 heterocycles. The van der Waals surface area contributed by atoms with Gasteiger partial charge >= 0.3 is 0 Å². The van der Waals surface area contributed by atoms with Crippen molar-refractivity contribution >= 4 is 23.1 Å². The zero-order valence-corrected chi connectivity index (χ0v) is 14.9. The number of aromatic nitrogens is 2. The van der Waals surface area contributed by atoms with Crippen LogP contribution in [-0.2, 0) is 0 Å². The fourth-order valence-electron chi connectivity index (χ4n) is 2.48. The van der Waals surface area contributed by atoms with E-state index in [4.69, 9.17) is 5.26 Å². The summed E-state index contributed by atoms with van der Waals surface area (Å²) in [7, 11) is 0. The molecule has 0 saturated carbocycles. The number of aryl methyl sites for hydroxylation is 3. The van der Waals surface area contributed by atoms with Gasteiger partial charge in [0.2, 0.25) is 0 Å². The Morgan fingerprint density at radius 1 is 1.20 bits per heavy atom. The first kappa shape index (κ1) is 16.8. The largest absolute Gasteiger partial charge is 0.306 e. The monoisotopic (exact) mass is 348 g/mol. The van der Waals surface area contributed by atoms with Crippen LogP contribution in [0.4, 0.5) is 5.82 Å². The topological polar surface area (TPSA) is 78.7 Å². The molecule has 0 bridgehead atoms. The summed E-state index contributed by atoms with van der Waals surface area (Å²) in [5.74, 6) is 0.160. The molecule has 6 heteroatoms. The Morgan fingerprint density at radius 2 is 2.00 bits per heavy atom. The second-order valence-electron chi connectivity index (χ2n) is 5.75. The number of nitrogens with zero attached hydrogens (tertiary/aromatic N) is 3. The summed E-state index contributed by atoms with van der Waals surface area (Å²) in [4.78, 5) is 21.7. The van der Waals surface area contributed by atoms with Gasteiger partial charge in [-0.15, -0.1) is 11.3 Å². The van der Waals surface area contributed by atoms with Crippen molar-refractivity contribution in [3.05, 3.63) is 63.8 Å². The summed E-state index contributed by atoms with van der Waals surface area (Å²) >= 11 is 1.36. The Kier molecular flexibility index (Phi) is 4.59. The highest BCUT2D eigenvalue weighted by atomic mass is 32.1. The lowest BCUT2D eigenvalue weighted by molar-refractivity contribution is 0.102. The molecule has 0 saturated heterocycles. The van der Waals surface area contributed by atoms with Gasteiger partial charge in [0.1, 0.15) is 21.8 Å². The molecular weight excluding hydrogens is 332 g/mol. The van der Waals surface area contributed by atoms with Gasteiger partial charge in [-0.25, -0.2) is 9.97 Å². The second kappa shape index (κ2) is 6.83. The Bertz CT molecular complexity index is 984. The van der Waals surface area contributed by atoms with Crippen LogP contribution in [0.2, 0.25) is 0 Å². The lowest BCUT2D eigenvalue weighted by atomic mass is 10.1. The van der Waals surface area contributed by atoms with Crippen molar-refractivity contribution in [1.29, 1.82) is 5.26 Å². The van der Waals surface area contributed by atoms with Gasteiger partial charge in [-0.2, -0.15) is 5.26 Å². The maximum absolute atomic E-state index is 12.5. The van der Waals surface area contributed by atoms with Gasteiger partial charge < -0.3 is 5.32 Å². The third-order valence-corrected chi connectivity index (χ3v) is 4.94. The number of carbonyl (C=O) groups excluding carboxylic acids is 1. The molecule has 1 amide bonds. The summed E-state index contributed by atoms with van der Waals surface area (Å²) in [6.45, 7) is 5.91. The minimum absolute atomic E-state index is 0.247. The molecule has 2 aromatic heterocycles. The molecule has 3 aromatic rings. The Balaban J connectivity index is 1.86. The van der Waals surface area contributed by atoms with Crippen molar-refractivity contribution < 1.29 is 4.79 Å². The fourth-order valence-corrected chi connectivity index (χ4v) is 3.53. The van der Waals surface area contributed by atoms with E-state index in [1.807, 2.05) is 39.0 Å². The lowest BCUT2D eigenvalue weighted by Crippen LogP contribution is -2.12. The smallest absolute Gasteiger partial charge is 0.268 e. The number of amides is 1. The van der Waals surface area contributed by atoms with E-state index >= 15 is 0 Å². The molecule has 0 unspecified atom stereocenters. The van der Waals surface area contributed by atoms with Gasteiger partial charge in [-0.05, 0) is 38.5 Å². The highest BCUT2D eigenvalue weighted by Gasteiger charge is 2.17. The maximum Gasteiger partial charge on any atom is 0.268 e. The molecule has 1 aromatic carbocycles. The van der Waals surface area contributed by atoms with E-state index in [9.17, 15) is 4.79 Å². The van der Waals surface area contributed by atoms with Crippen molar-refractivity contribution in [3.63, 3.8) is 0 Å². The molecule has 0 aliphatic rings. The van der Waals surface area contributed by atoms with Crippen LogP contribution < -0.4 is 5.32 Å². The molecule has 0 fully saturated rings. The van der Waals surface area contributed by atoms with Gasteiger partial charge in [0.25, 0.3) is 5.91 Å². The van der Waals surface area contributed by atoms with E-state index in [1.165, 1.54) is 23.1 Å². The van der Waals surface area contributed by atoms with Gasteiger partial charge in [-0.3, -0.25) is 4.79 Å². The molecule has 0 atom stereocenters. The van der Waals surface area contributed by atoms with Crippen molar-refractivity contribution in [2.24, 2.45) is 0 Å². The van der Waals surface area contributed by atoms with E-state index in [-0.39, 0.29) is 5.91 Å². The molecule has 0 aliphatic carbocycles. The average molecular weight is 348 g/mol. The van der Waals surface area contributed by atoms with E-state index in [0.717, 1.165) is 16.1 Å². The van der Waals surface area contributed by atoms with E-state index in [0.29, 0.717) is 22.0 Å². The van der Waals surface area contributed by atoms with Crippen molar-refractivity contribution in [1.82, 2.24) is 9.97 Å². The van der Waals surface area contributed by atoms with Gasteiger partial charge in [-0.1, -0.05) is 23.8 Å². The summed E-state index contributed by atoms with van der Waals surface area (Å²) < 4.78 is 0. The number of nitriles is 1. The number of nitrogens with one attached hydrogen (secondary N) is 1. The van der Waals surface area contributed by atoms with Crippen LogP contribution in [-0.4, -0.2) is 15.9 Å². The van der Waals surface area contributed by atoms with Crippen LogP contribution >= 0.6 is 11.3 Å². The number of benzene rings is 1. The van der Waals surface area contributed by atoms with Crippen LogP contribution in [0.5, 0.6) is 0 Å². The number of carbonyl (C=O) groups is 1. The number of hydrogen-bond acceptors (Lipinski definition) is 5. The zero-order valence-electron chi connectivity index (χ0n) is 14.1. The first-order valence-corrected chi connectivity index (χ1v) is 8.52. The third kappa shape index (κ3) is 3.57. The number of thiazole rings is 1. The minimum atomic E-state index is -0.247. The molecule has 5 nitrogen and oxygen atoms in total. The van der Waals surface area contributed by atoms with Crippen LogP contribution in [0.15, 0.2) is 36.5 Å². The van der Waals surface area contributed by atoms with Crippen molar-refractivity contribution in [3.8, 4) is 16.6 Å². The number of anilines is 1. The minimum Gasteiger partial charge on any atom is -0.306 e. The van der Waals surface area contributed by atoms with Crippen LogP contribution in [0.1, 0.15) is 32.1 Å². The number of pyridine rings is 1. The van der Waals surface area contributed by atoms with Crippen molar-refractivity contribution in [2.45, 2.75) is 20.8 Å². The molecule has 1 N–H and O–H groups in total. The highest BCUT2D eigenvalue weighted by molar-refractivity contribution is 7.17. The molecule has 3 rings (SSSR count). The highest BCUT2D eigenvalue weighted by Crippen LogP contribution is 2.31. The summed E-state index contributed by atoms with van der Waals surface area (Å²) in [6.07, 6.45) is 1.43. The summed E-state index contributed by atoms with van der Waals surface area (Å²) in [5.41, 5.74) is 4.50. The SMILES string of the molecule is Cc1ccc(-c2nc(C)c(C(=O)Nc3ccc(C#N)cn3)s2)c(C)c1. The van der Waals surface area contributed by atoms with E-state index < -0.39 is 0 Å². The molecule has 0 aliphatic heterocycles. The first-order chi connectivity index (χ1) is 12.0. The molecule has 0 spiro atoms. The van der Waals surface area contributed by atoms with E-state index in [1.54, 1.807) is 12.1 Å². The third-order valence-electron chi connectivity index (χ3n) is 3.75. The Morgan fingerprint density at radius 3 is 2.64 bits per heavy atom. The summed E-state index contributed by atoms with van der Waals surface area (Å²) in [5, 5.41) is 12.4. The predicted molar refractivity (Wildman–Crippen MR) is 98.7 cm³/mol. The number of rotatable bonds is 3. The standard InChI is InChI=1S/C19H16N4OS/c1-11-4-6-15(12(2)8-11)19-22-13(3)17(25-19)18(24)23-16-7-5-14(9-20)10-21-16/h4-8,10H,1-3H3,(H,21,23,24). The Labute approximate surface area is 150 Å².